The molecule has 3 aromatic rings. The Hall–Kier alpha value is -3.50. The molecule has 10 heteroatoms. The highest BCUT2D eigenvalue weighted by Gasteiger charge is 2.55. The second-order valence-electron chi connectivity index (χ2n) is 11.8. The second-order valence-corrected chi connectivity index (χ2v) is 13.5. The number of nitro groups is 1. The molecule has 204 valence electrons. The number of amides is 2. The summed E-state index contributed by atoms with van der Waals surface area (Å²) in [7, 11) is 0. The van der Waals surface area contributed by atoms with Gasteiger partial charge in [0.15, 0.2) is 4.32 Å². The predicted octanol–water partition coefficient (Wildman–Crippen LogP) is 6.05. The third-order valence-electron chi connectivity index (χ3n) is 9.13. The van der Waals surface area contributed by atoms with E-state index in [-0.39, 0.29) is 22.9 Å². The number of carbonyl (C=O) groups is 2. The van der Waals surface area contributed by atoms with Crippen LogP contribution in [0.25, 0.3) is 17.0 Å². The number of benzene rings is 2. The number of fused-ring (bicyclic) bond motifs is 1. The van der Waals surface area contributed by atoms with E-state index in [0.717, 1.165) is 41.3 Å². The maximum absolute atomic E-state index is 13.6. The molecule has 2 amide bonds. The van der Waals surface area contributed by atoms with Gasteiger partial charge >= 0.3 is 0 Å². The Bertz CT molecular complexity index is 1570. The number of thiocarbonyl (C=S) groups is 1. The first-order valence-electron chi connectivity index (χ1n) is 13.7. The summed E-state index contributed by atoms with van der Waals surface area (Å²) >= 11 is 6.75. The summed E-state index contributed by atoms with van der Waals surface area (Å²) in [6.07, 6.45) is 10.3. The van der Waals surface area contributed by atoms with E-state index in [1.54, 1.807) is 12.1 Å². The van der Waals surface area contributed by atoms with Crippen LogP contribution in [-0.2, 0) is 16.1 Å². The zero-order valence-corrected chi connectivity index (χ0v) is 23.4. The van der Waals surface area contributed by atoms with Crippen LogP contribution in [0.1, 0.15) is 49.7 Å². The van der Waals surface area contributed by atoms with Crippen molar-refractivity contribution in [3.8, 4) is 0 Å². The molecule has 2 aromatic carbocycles. The Morgan fingerprint density at radius 1 is 1.07 bits per heavy atom. The van der Waals surface area contributed by atoms with Crippen molar-refractivity contribution in [2.75, 3.05) is 0 Å². The van der Waals surface area contributed by atoms with Crippen LogP contribution in [0.4, 0.5) is 5.69 Å². The van der Waals surface area contributed by atoms with E-state index in [1.165, 1.54) is 48.2 Å². The number of hydrazine groups is 1. The summed E-state index contributed by atoms with van der Waals surface area (Å²) in [5.41, 5.74) is 5.39. The van der Waals surface area contributed by atoms with Crippen molar-refractivity contribution >= 4 is 62.8 Å². The predicted molar refractivity (Wildman–Crippen MR) is 158 cm³/mol. The quantitative estimate of drug-likeness (QED) is 0.167. The lowest BCUT2D eigenvalue weighted by atomic mass is 9.49. The molecule has 1 saturated heterocycles. The van der Waals surface area contributed by atoms with Crippen LogP contribution < -0.4 is 5.43 Å². The number of non-ortho nitro benzene ring substituents is 1. The Morgan fingerprint density at radius 2 is 1.73 bits per heavy atom. The van der Waals surface area contributed by atoms with E-state index in [0.29, 0.717) is 33.5 Å². The van der Waals surface area contributed by atoms with Crippen molar-refractivity contribution in [1.29, 1.82) is 0 Å². The van der Waals surface area contributed by atoms with Crippen molar-refractivity contribution < 1.29 is 14.5 Å². The van der Waals surface area contributed by atoms with E-state index < -0.39 is 4.92 Å². The van der Waals surface area contributed by atoms with Gasteiger partial charge in [-0.05, 0) is 86.2 Å². The first-order valence-corrected chi connectivity index (χ1v) is 14.9. The fourth-order valence-corrected chi connectivity index (χ4v) is 8.93. The largest absolute Gasteiger partial charge is 0.342 e. The van der Waals surface area contributed by atoms with E-state index in [4.69, 9.17) is 12.2 Å². The van der Waals surface area contributed by atoms with Crippen LogP contribution in [0.5, 0.6) is 0 Å². The summed E-state index contributed by atoms with van der Waals surface area (Å²) in [5, 5.41) is 13.3. The third-order valence-corrected chi connectivity index (χ3v) is 10.4. The molecular formula is C30H28N4O4S2. The van der Waals surface area contributed by atoms with Crippen LogP contribution in [0, 0.1) is 33.3 Å². The Kier molecular flexibility index (Phi) is 6.08. The summed E-state index contributed by atoms with van der Waals surface area (Å²) < 4.78 is 2.40. The van der Waals surface area contributed by atoms with Gasteiger partial charge in [0, 0.05) is 41.3 Å². The Labute approximate surface area is 240 Å². The normalized spacial score (nSPS) is 28.1. The average Bonchev–Trinajstić information content (AvgIpc) is 3.40. The van der Waals surface area contributed by atoms with Crippen LogP contribution >= 0.6 is 24.0 Å². The first kappa shape index (κ1) is 25.5. The number of nitrogens with one attached hydrogen (secondary N) is 1. The lowest BCUT2D eigenvalue weighted by Gasteiger charge is -2.55. The monoisotopic (exact) mass is 572 g/mol. The highest BCUT2D eigenvalue weighted by Crippen LogP contribution is 2.60. The number of rotatable bonds is 6. The molecule has 8 nitrogen and oxygen atoms in total. The summed E-state index contributed by atoms with van der Waals surface area (Å²) in [4.78, 5) is 38.1. The minimum Gasteiger partial charge on any atom is -0.342 e. The number of thioether (sulfide) groups is 1. The van der Waals surface area contributed by atoms with E-state index >= 15 is 0 Å². The van der Waals surface area contributed by atoms with Gasteiger partial charge in [0.2, 0.25) is 5.91 Å². The molecule has 0 unspecified atom stereocenters. The van der Waals surface area contributed by atoms with Crippen molar-refractivity contribution in [1.82, 2.24) is 15.0 Å². The Morgan fingerprint density at radius 3 is 2.38 bits per heavy atom. The van der Waals surface area contributed by atoms with Gasteiger partial charge in [-0.2, -0.15) is 5.01 Å². The van der Waals surface area contributed by atoms with E-state index in [9.17, 15) is 19.7 Å². The molecule has 40 heavy (non-hydrogen) atoms. The van der Waals surface area contributed by atoms with Crippen LogP contribution in [-0.4, -0.2) is 30.6 Å². The average molecular weight is 573 g/mol. The highest BCUT2D eigenvalue weighted by atomic mass is 32.2. The molecule has 1 aliphatic heterocycles. The maximum Gasteiger partial charge on any atom is 0.285 e. The summed E-state index contributed by atoms with van der Waals surface area (Å²) in [6, 6.07) is 14.4. The lowest BCUT2D eigenvalue weighted by Crippen LogP contribution is -2.57. The molecule has 8 rings (SSSR count). The molecule has 5 aliphatic rings. The summed E-state index contributed by atoms with van der Waals surface area (Å²) in [6.45, 7) is 0.522. The maximum atomic E-state index is 13.6. The zero-order valence-electron chi connectivity index (χ0n) is 21.7. The fraction of sp³-hybridized carbons (Fsp3) is 0.367. The van der Waals surface area contributed by atoms with Gasteiger partial charge in [-0.15, -0.1) is 0 Å². The van der Waals surface area contributed by atoms with Gasteiger partial charge < -0.3 is 4.57 Å². The van der Waals surface area contributed by atoms with E-state index in [1.807, 2.05) is 36.5 Å². The standard InChI is InChI=1S/C30H28N4O4S2/c35-27-26(40-29(39)33(27)31-28(36)30-13-19-9-20(14-30)11-21(10-19)15-30)12-22-17-32(25-4-2-1-3-24(22)25)16-18-5-7-23(8-6-18)34(37)38/h1-8,12,17,19-21H,9-11,13-16H2,(H,31,36)/b26-12-. The number of para-hydroxylation sites is 1. The smallest absolute Gasteiger partial charge is 0.285 e. The van der Waals surface area contributed by atoms with Gasteiger partial charge in [0.25, 0.3) is 11.6 Å². The number of hydrogen-bond acceptors (Lipinski definition) is 6. The molecule has 4 saturated carbocycles. The molecule has 4 aliphatic carbocycles. The first-order chi connectivity index (χ1) is 19.3. The molecule has 5 fully saturated rings. The third kappa shape index (κ3) is 4.34. The van der Waals surface area contributed by atoms with Gasteiger partial charge in [-0.1, -0.05) is 42.1 Å². The number of nitrogens with zero attached hydrogens (tertiary/aromatic N) is 3. The lowest BCUT2D eigenvalue weighted by molar-refractivity contribution is -0.384. The SMILES string of the molecule is O=C1/C(=C/c2cn(Cc3ccc([N+](=O)[O-])cc3)c3ccccc23)SC(=S)N1NC(=O)C12CC3CC(CC(C3)C1)C2. The highest BCUT2D eigenvalue weighted by molar-refractivity contribution is 8.26. The topological polar surface area (TPSA) is 97.5 Å². The Balaban J connectivity index is 1.13. The zero-order chi connectivity index (χ0) is 27.6. The number of aromatic nitrogens is 1. The van der Waals surface area contributed by atoms with E-state index in [2.05, 4.69) is 9.99 Å². The number of nitro benzene ring substituents is 1. The number of hydrogen-bond donors (Lipinski definition) is 1. The molecule has 4 bridgehead atoms. The molecule has 0 radical (unpaired) electrons. The fourth-order valence-electron chi connectivity index (χ4n) is 7.75. The van der Waals surface area contributed by atoms with Crippen molar-refractivity contribution in [2.24, 2.45) is 23.2 Å². The van der Waals surface area contributed by atoms with Crippen LogP contribution in [0.2, 0.25) is 0 Å². The van der Waals surface area contributed by atoms with Gasteiger partial charge in [0.05, 0.1) is 15.2 Å². The molecule has 0 spiro atoms. The van der Waals surface area contributed by atoms with Gasteiger partial charge in [-0.3, -0.25) is 25.1 Å². The van der Waals surface area contributed by atoms with Gasteiger partial charge in [0.1, 0.15) is 0 Å². The van der Waals surface area contributed by atoms with Crippen LogP contribution in [0.3, 0.4) is 0 Å². The molecule has 0 atom stereocenters. The van der Waals surface area contributed by atoms with Crippen molar-refractivity contribution in [3.05, 3.63) is 80.9 Å². The molecule has 1 aromatic heterocycles. The summed E-state index contributed by atoms with van der Waals surface area (Å²) in [5.74, 6) is 1.54. The van der Waals surface area contributed by atoms with Crippen LogP contribution in [0.15, 0.2) is 59.6 Å². The second kappa shape index (κ2) is 9.55. The molecular weight excluding hydrogens is 544 g/mol. The van der Waals surface area contributed by atoms with Crippen molar-refractivity contribution in [2.45, 2.75) is 45.1 Å². The minimum atomic E-state index is -0.408. The van der Waals surface area contributed by atoms with Crippen molar-refractivity contribution in [3.63, 3.8) is 0 Å². The molecule has 2 heterocycles. The van der Waals surface area contributed by atoms with Gasteiger partial charge in [-0.25, -0.2) is 0 Å². The minimum absolute atomic E-state index is 0.0520. The molecule has 1 N–H and O–H groups in total. The number of carbonyl (C=O) groups excluding carboxylic acids is 2.